The first-order valence-electron chi connectivity index (χ1n) is 4.35. The van der Waals surface area contributed by atoms with Crippen molar-refractivity contribution < 1.29 is 4.84 Å². The molecule has 5 heteroatoms. The number of nitrogens with one attached hydrogen (secondary N) is 1. The van der Waals surface area contributed by atoms with Crippen molar-refractivity contribution in [3.05, 3.63) is 18.0 Å². The molecule has 0 aliphatic rings. The molecule has 1 heterocycles. The van der Waals surface area contributed by atoms with E-state index in [0.29, 0.717) is 0 Å². The number of aromatic nitrogens is 2. The standard InChI is InChI=1S/C8H16N4O/c1-13-12-7-8(6-11-12)5-10-4-2-3-9/h6-7,10H,2-5,9H2,1H3. The summed E-state index contributed by atoms with van der Waals surface area (Å²) in [6, 6.07) is 0. The van der Waals surface area contributed by atoms with Crippen molar-refractivity contribution in [3.63, 3.8) is 0 Å². The van der Waals surface area contributed by atoms with E-state index < -0.39 is 0 Å². The quantitative estimate of drug-likeness (QED) is 0.578. The van der Waals surface area contributed by atoms with Crippen molar-refractivity contribution in [2.24, 2.45) is 5.73 Å². The zero-order valence-electron chi connectivity index (χ0n) is 7.86. The van der Waals surface area contributed by atoms with Gasteiger partial charge in [-0.2, -0.15) is 0 Å². The van der Waals surface area contributed by atoms with E-state index in [2.05, 4.69) is 10.4 Å². The van der Waals surface area contributed by atoms with Gasteiger partial charge in [-0.05, 0) is 19.5 Å². The van der Waals surface area contributed by atoms with Crippen LogP contribution in [0.5, 0.6) is 0 Å². The number of nitrogens with zero attached hydrogens (tertiary/aromatic N) is 2. The summed E-state index contributed by atoms with van der Waals surface area (Å²) in [5.74, 6) is 0. The van der Waals surface area contributed by atoms with Crippen LogP contribution < -0.4 is 15.9 Å². The fourth-order valence-corrected chi connectivity index (χ4v) is 0.991. The SMILES string of the molecule is COn1cc(CNCCCN)cn1. The summed E-state index contributed by atoms with van der Waals surface area (Å²) in [5, 5.41) is 7.21. The van der Waals surface area contributed by atoms with Gasteiger partial charge in [0.05, 0.1) is 12.4 Å². The van der Waals surface area contributed by atoms with E-state index in [1.165, 1.54) is 4.85 Å². The Bertz CT molecular complexity index is 236. The van der Waals surface area contributed by atoms with Crippen LogP contribution in [0, 0.1) is 0 Å². The van der Waals surface area contributed by atoms with Crippen LogP contribution in [-0.2, 0) is 6.54 Å². The van der Waals surface area contributed by atoms with Crippen LogP contribution in [0.2, 0.25) is 0 Å². The van der Waals surface area contributed by atoms with E-state index in [1.807, 2.05) is 6.20 Å². The Morgan fingerprint density at radius 3 is 3.15 bits per heavy atom. The van der Waals surface area contributed by atoms with Crippen LogP contribution >= 0.6 is 0 Å². The van der Waals surface area contributed by atoms with E-state index in [0.717, 1.165) is 31.6 Å². The van der Waals surface area contributed by atoms with Crippen LogP contribution in [0.1, 0.15) is 12.0 Å². The lowest BCUT2D eigenvalue weighted by Crippen LogP contribution is -2.17. The maximum atomic E-state index is 5.36. The number of hydrogen-bond acceptors (Lipinski definition) is 4. The third kappa shape index (κ3) is 3.43. The van der Waals surface area contributed by atoms with Crippen molar-refractivity contribution >= 4 is 0 Å². The third-order valence-electron chi connectivity index (χ3n) is 1.69. The van der Waals surface area contributed by atoms with Crippen molar-refractivity contribution in [1.29, 1.82) is 0 Å². The molecule has 0 saturated heterocycles. The van der Waals surface area contributed by atoms with Crippen LogP contribution in [0.15, 0.2) is 12.4 Å². The Balaban J connectivity index is 2.20. The first kappa shape index (κ1) is 10.0. The van der Waals surface area contributed by atoms with Crippen molar-refractivity contribution in [1.82, 2.24) is 15.3 Å². The summed E-state index contributed by atoms with van der Waals surface area (Å²) in [6.45, 7) is 2.47. The van der Waals surface area contributed by atoms with Crippen LogP contribution in [-0.4, -0.2) is 30.1 Å². The highest BCUT2D eigenvalue weighted by molar-refractivity contribution is 5.02. The fourth-order valence-electron chi connectivity index (χ4n) is 0.991. The molecule has 74 valence electrons. The average Bonchev–Trinajstić information content (AvgIpc) is 2.60. The molecule has 0 aliphatic carbocycles. The molecular weight excluding hydrogens is 168 g/mol. The lowest BCUT2D eigenvalue weighted by molar-refractivity contribution is 0.134. The largest absolute Gasteiger partial charge is 0.400 e. The van der Waals surface area contributed by atoms with Gasteiger partial charge in [-0.1, -0.05) is 0 Å². The molecule has 0 aromatic carbocycles. The first-order chi connectivity index (χ1) is 6.36. The lowest BCUT2D eigenvalue weighted by Gasteiger charge is -2.00. The lowest BCUT2D eigenvalue weighted by atomic mass is 10.3. The predicted molar refractivity (Wildman–Crippen MR) is 50.1 cm³/mol. The van der Waals surface area contributed by atoms with E-state index in [4.69, 9.17) is 10.6 Å². The summed E-state index contributed by atoms with van der Waals surface area (Å²) in [6.07, 6.45) is 4.62. The van der Waals surface area contributed by atoms with E-state index in [9.17, 15) is 0 Å². The predicted octanol–water partition coefficient (Wildman–Crippen LogP) is -0.620. The number of hydrogen-bond donors (Lipinski definition) is 2. The van der Waals surface area contributed by atoms with E-state index >= 15 is 0 Å². The minimum Gasteiger partial charge on any atom is -0.400 e. The number of rotatable bonds is 6. The zero-order chi connectivity index (χ0) is 9.52. The molecule has 0 bridgehead atoms. The smallest absolute Gasteiger partial charge is 0.106 e. The van der Waals surface area contributed by atoms with Crippen molar-refractivity contribution in [2.45, 2.75) is 13.0 Å². The topological polar surface area (TPSA) is 65.1 Å². The van der Waals surface area contributed by atoms with Gasteiger partial charge in [0.25, 0.3) is 0 Å². The molecule has 1 rings (SSSR count). The summed E-state index contributed by atoms with van der Waals surface area (Å²) in [5.41, 5.74) is 6.47. The Hall–Kier alpha value is -1.07. The first-order valence-corrected chi connectivity index (χ1v) is 4.35. The molecule has 0 amide bonds. The summed E-state index contributed by atoms with van der Waals surface area (Å²) < 4.78 is 0. The molecular formula is C8H16N4O. The second kappa shape index (κ2) is 5.55. The van der Waals surface area contributed by atoms with Crippen LogP contribution in [0.3, 0.4) is 0 Å². The normalized spacial score (nSPS) is 10.3. The second-order valence-corrected chi connectivity index (χ2v) is 2.75. The van der Waals surface area contributed by atoms with Gasteiger partial charge < -0.3 is 15.9 Å². The van der Waals surface area contributed by atoms with Gasteiger partial charge in [-0.25, -0.2) is 0 Å². The molecule has 13 heavy (non-hydrogen) atoms. The maximum absolute atomic E-state index is 5.36. The zero-order valence-corrected chi connectivity index (χ0v) is 7.86. The Labute approximate surface area is 77.8 Å². The molecule has 5 nitrogen and oxygen atoms in total. The van der Waals surface area contributed by atoms with Gasteiger partial charge in [0.15, 0.2) is 0 Å². The van der Waals surface area contributed by atoms with Gasteiger partial charge in [0, 0.05) is 12.1 Å². The third-order valence-corrected chi connectivity index (χ3v) is 1.69. The highest BCUT2D eigenvalue weighted by atomic mass is 16.7. The highest BCUT2D eigenvalue weighted by Gasteiger charge is 1.96. The molecule has 1 aromatic rings. The summed E-state index contributed by atoms with van der Waals surface area (Å²) >= 11 is 0. The molecule has 0 unspecified atom stereocenters. The van der Waals surface area contributed by atoms with Gasteiger partial charge in [0.2, 0.25) is 0 Å². The van der Waals surface area contributed by atoms with E-state index in [-0.39, 0.29) is 0 Å². The molecule has 0 radical (unpaired) electrons. The highest BCUT2D eigenvalue weighted by Crippen LogP contribution is 1.94. The minimum atomic E-state index is 0.727. The molecule has 0 spiro atoms. The molecule has 0 aliphatic heterocycles. The Morgan fingerprint density at radius 1 is 1.69 bits per heavy atom. The van der Waals surface area contributed by atoms with Gasteiger partial charge in [0.1, 0.15) is 7.11 Å². The minimum absolute atomic E-state index is 0.727. The Kier molecular flexibility index (Phi) is 4.28. The van der Waals surface area contributed by atoms with Crippen LogP contribution in [0.4, 0.5) is 0 Å². The Morgan fingerprint density at radius 2 is 2.54 bits per heavy atom. The summed E-state index contributed by atoms with van der Waals surface area (Å²) in [4.78, 5) is 6.31. The molecule has 0 atom stereocenters. The van der Waals surface area contributed by atoms with E-state index in [1.54, 1.807) is 13.3 Å². The molecule has 0 saturated carbocycles. The second-order valence-electron chi connectivity index (χ2n) is 2.75. The van der Waals surface area contributed by atoms with Gasteiger partial charge in [-0.3, -0.25) is 0 Å². The monoisotopic (exact) mass is 184 g/mol. The molecule has 0 fully saturated rings. The number of nitrogens with two attached hydrogens (primary N) is 1. The average molecular weight is 184 g/mol. The summed E-state index contributed by atoms with van der Waals surface area (Å²) in [7, 11) is 1.58. The van der Waals surface area contributed by atoms with Gasteiger partial charge >= 0.3 is 0 Å². The molecule has 3 N–H and O–H groups in total. The maximum Gasteiger partial charge on any atom is 0.106 e. The van der Waals surface area contributed by atoms with Crippen LogP contribution in [0.25, 0.3) is 0 Å². The van der Waals surface area contributed by atoms with Crippen molar-refractivity contribution in [3.8, 4) is 0 Å². The molecule has 1 aromatic heterocycles. The fraction of sp³-hybridized carbons (Fsp3) is 0.625. The van der Waals surface area contributed by atoms with Crippen molar-refractivity contribution in [2.75, 3.05) is 20.2 Å². The van der Waals surface area contributed by atoms with Gasteiger partial charge in [-0.15, -0.1) is 9.94 Å².